The zero-order valence-electron chi connectivity index (χ0n) is 18.2. The molecule has 0 spiro atoms. The molecular weight excluding hydrogens is 418 g/mol. The van der Waals surface area contributed by atoms with Gasteiger partial charge in [-0.2, -0.15) is 0 Å². The van der Waals surface area contributed by atoms with Crippen LogP contribution in [0.1, 0.15) is 37.6 Å². The number of nitrogens with one attached hydrogen (secondary N) is 2. The largest absolute Gasteiger partial charge is 0.494 e. The number of nitrogens with zero attached hydrogens (tertiary/aromatic N) is 1. The van der Waals surface area contributed by atoms with E-state index >= 15 is 0 Å². The minimum atomic E-state index is -3.77. The molecule has 1 atom stereocenters. The van der Waals surface area contributed by atoms with Crippen LogP contribution in [0.5, 0.6) is 5.75 Å². The first kappa shape index (κ1) is 24.2. The van der Waals surface area contributed by atoms with Crippen molar-refractivity contribution in [1.82, 2.24) is 5.32 Å². The molecule has 31 heavy (non-hydrogen) atoms. The molecule has 9 heteroatoms. The normalized spacial score (nSPS) is 12.0. The van der Waals surface area contributed by atoms with Crippen LogP contribution in [0.2, 0.25) is 0 Å². The van der Waals surface area contributed by atoms with E-state index in [1.807, 2.05) is 13.8 Å². The van der Waals surface area contributed by atoms with Crippen molar-refractivity contribution >= 4 is 33.2 Å². The number of para-hydroxylation sites is 1. The Hall–Kier alpha value is -3.07. The van der Waals surface area contributed by atoms with E-state index < -0.39 is 22.0 Å². The molecular formula is C22H29N3O5S. The second-order valence-electron chi connectivity index (χ2n) is 6.95. The summed E-state index contributed by atoms with van der Waals surface area (Å²) >= 11 is 0. The van der Waals surface area contributed by atoms with Crippen molar-refractivity contribution in [1.29, 1.82) is 0 Å². The molecule has 2 rings (SSSR count). The Balaban J connectivity index is 2.28. The number of anilines is 2. The van der Waals surface area contributed by atoms with Gasteiger partial charge in [-0.05, 0) is 56.7 Å². The minimum Gasteiger partial charge on any atom is -0.494 e. The van der Waals surface area contributed by atoms with Gasteiger partial charge in [0, 0.05) is 6.54 Å². The topological polar surface area (TPSA) is 105 Å². The van der Waals surface area contributed by atoms with Crippen LogP contribution in [0.3, 0.4) is 0 Å². The molecule has 2 aromatic carbocycles. The molecule has 0 heterocycles. The number of hydrogen-bond acceptors (Lipinski definition) is 5. The molecule has 0 saturated heterocycles. The van der Waals surface area contributed by atoms with E-state index in [4.69, 9.17) is 4.74 Å². The molecule has 2 amide bonds. The van der Waals surface area contributed by atoms with Crippen LogP contribution >= 0.6 is 0 Å². The molecule has 0 aliphatic heterocycles. The summed E-state index contributed by atoms with van der Waals surface area (Å²) in [5, 5.41) is 5.46. The van der Waals surface area contributed by atoms with Gasteiger partial charge in [-0.1, -0.05) is 19.1 Å². The van der Waals surface area contributed by atoms with Gasteiger partial charge >= 0.3 is 0 Å². The summed E-state index contributed by atoms with van der Waals surface area (Å²) in [7, 11) is -3.77. The van der Waals surface area contributed by atoms with Gasteiger partial charge in [0.2, 0.25) is 15.9 Å². The Bertz CT molecular complexity index is 1010. The van der Waals surface area contributed by atoms with Gasteiger partial charge in [0.15, 0.2) is 0 Å². The highest BCUT2D eigenvalue weighted by atomic mass is 32.2. The number of amides is 2. The highest BCUT2D eigenvalue weighted by Crippen LogP contribution is 2.25. The van der Waals surface area contributed by atoms with Crippen LogP contribution in [0, 0.1) is 0 Å². The summed E-state index contributed by atoms with van der Waals surface area (Å²) in [6, 6.07) is 12.0. The standard InChI is InChI=1S/C22H29N3O5S/c1-5-15-23-22(27)19-9-7-8-10-20(19)24-21(26)16(3)25(31(4,28)29)17-11-13-18(14-12-17)30-6-2/h7-14,16H,5-6,15H2,1-4H3,(H,23,27)(H,24,26)/t16-/m0/s1. The first-order valence-corrected chi connectivity index (χ1v) is 11.9. The van der Waals surface area contributed by atoms with E-state index in [2.05, 4.69) is 10.6 Å². The molecule has 0 fully saturated rings. The molecule has 0 aliphatic rings. The number of rotatable bonds is 10. The fourth-order valence-electron chi connectivity index (χ4n) is 3.03. The fraction of sp³-hybridized carbons (Fsp3) is 0.364. The second kappa shape index (κ2) is 10.8. The first-order valence-electron chi connectivity index (χ1n) is 10.1. The van der Waals surface area contributed by atoms with Crippen LogP contribution in [0.4, 0.5) is 11.4 Å². The molecule has 2 aromatic rings. The lowest BCUT2D eigenvalue weighted by molar-refractivity contribution is -0.116. The Morgan fingerprint density at radius 2 is 1.71 bits per heavy atom. The van der Waals surface area contributed by atoms with Crippen LogP contribution in [-0.2, 0) is 14.8 Å². The van der Waals surface area contributed by atoms with Gasteiger partial charge in [-0.3, -0.25) is 13.9 Å². The van der Waals surface area contributed by atoms with E-state index in [1.165, 1.54) is 6.92 Å². The monoisotopic (exact) mass is 447 g/mol. The van der Waals surface area contributed by atoms with Crippen molar-refractivity contribution in [2.24, 2.45) is 0 Å². The highest BCUT2D eigenvalue weighted by molar-refractivity contribution is 7.92. The van der Waals surface area contributed by atoms with Crippen molar-refractivity contribution in [2.45, 2.75) is 33.2 Å². The number of hydrogen-bond donors (Lipinski definition) is 2. The van der Waals surface area contributed by atoms with Crippen molar-refractivity contribution in [2.75, 3.05) is 29.0 Å². The molecule has 2 N–H and O–H groups in total. The Labute approximate surface area is 183 Å². The third-order valence-corrected chi connectivity index (χ3v) is 5.70. The molecule has 0 aliphatic carbocycles. The molecule has 8 nitrogen and oxygen atoms in total. The Kier molecular flexibility index (Phi) is 8.44. The highest BCUT2D eigenvalue weighted by Gasteiger charge is 2.29. The second-order valence-corrected chi connectivity index (χ2v) is 8.81. The van der Waals surface area contributed by atoms with Crippen molar-refractivity contribution in [3.8, 4) is 5.75 Å². The number of carbonyl (C=O) groups excluding carboxylic acids is 2. The predicted molar refractivity (Wildman–Crippen MR) is 122 cm³/mol. The van der Waals surface area contributed by atoms with Crippen molar-refractivity contribution < 1.29 is 22.7 Å². The van der Waals surface area contributed by atoms with E-state index in [1.54, 1.807) is 48.5 Å². The third-order valence-electron chi connectivity index (χ3n) is 4.46. The van der Waals surface area contributed by atoms with Crippen LogP contribution in [0.25, 0.3) is 0 Å². The van der Waals surface area contributed by atoms with Gasteiger partial charge < -0.3 is 15.4 Å². The molecule has 0 radical (unpaired) electrons. The molecule has 168 valence electrons. The molecule has 0 unspecified atom stereocenters. The molecule has 0 saturated carbocycles. The SMILES string of the molecule is CCCNC(=O)c1ccccc1NC(=O)[C@H](C)N(c1ccc(OCC)cc1)S(C)(=O)=O. The lowest BCUT2D eigenvalue weighted by Crippen LogP contribution is -2.45. The lowest BCUT2D eigenvalue weighted by atomic mass is 10.1. The summed E-state index contributed by atoms with van der Waals surface area (Å²) < 4.78 is 31.4. The number of benzene rings is 2. The summed E-state index contributed by atoms with van der Waals surface area (Å²) in [4.78, 5) is 25.4. The average Bonchev–Trinajstić information content (AvgIpc) is 2.73. The van der Waals surface area contributed by atoms with Gasteiger partial charge in [0.25, 0.3) is 5.91 Å². The van der Waals surface area contributed by atoms with E-state index in [0.717, 1.165) is 17.0 Å². The van der Waals surface area contributed by atoms with Gasteiger partial charge in [-0.15, -0.1) is 0 Å². The Morgan fingerprint density at radius 3 is 2.29 bits per heavy atom. The van der Waals surface area contributed by atoms with Gasteiger partial charge in [0.1, 0.15) is 11.8 Å². The van der Waals surface area contributed by atoms with Crippen LogP contribution in [-0.4, -0.2) is 45.7 Å². The van der Waals surface area contributed by atoms with Crippen molar-refractivity contribution in [3.63, 3.8) is 0 Å². The zero-order chi connectivity index (χ0) is 23.0. The summed E-state index contributed by atoms with van der Waals surface area (Å²) in [6.07, 6.45) is 1.82. The average molecular weight is 448 g/mol. The fourth-order valence-corrected chi connectivity index (χ4v) is 4.20. The summed E-state index contributed by atoms with van der Waals surface area (Å²) in [6.45, 7) is 6.28. The third kappa shape index (κ3) is 6.45. The lowest BCUT2D eigenvalue weighted by Gasteiger charge is -2.28. The number of carbonyl (C=O) groups is 2. The maximum Gasteiger partial charge on any atom is 0.253 e. The van der Waals surface area contributed by atoms with Crippen molar-refractivity contribution in [3.05, 3.63) is 54.1 Å². The summed E-state index contributed by atoms with van der Waals surface area (Å²) in [5.41, 5.74) is 0.958. The maximum absolute atomic E-state index is 13.0. The van der Waals surface area contributed by atoms with Gasteiger partial charge in [-0.25, -0.2) is 8.42 Å². The quantitative estimate of drug-likeness (QED) is 0.583. The van der Waals surface area contributed by atoms with E-state index in [-0.39, 0.29) is 5.91 Å². The molecule has 0 aromatic heterocycles. The zero-order valence-corrected chi connectivity index (χ0v) is 19.0. The van der Waals surface area contributed by atoms with Crippen LogP contribution < -0.4 is 19.7 Å². The van der Waals surface area contributed by atoms with Crippen LogP contribution in [0.15, 0.2) is 48.5 Å². The number of ether oxygens (including phenoxy) is 1. The first-order chi connectivity index (χ1) is 14.7. The maximum atomic E-state index is 13.0. The number of sulfonamides is 1. The van der Waals surface area contributed by atoms with Gasteiger partial charge in [0.05, 0.1) is 29.8 Å². The van der Waals surface area contributed by atoms with E-state index in [9.17, 15) is 18.0 Å². The predicted octanol–water partition coefficient (Wildman–Crippen LogP) is 3.02. The smallest absolute Gasteiger partial charge is 0.253 e. The summed E-state index contributed by atoms with van der Waals surface area (Å²) in [5.74, 6) is -0.268. The Morgan fingerprint density at radius 1 is 1.06 bits per heavy atom. The van der Waals surface area contributed by atoms with E-state index in [0.29, 0.717) is 35.8 Å². The molecule has 0 bridgehead atoms. The minimum absolute atomic E-state index is 0.308.